The highest BCUT2D eigenvalue weighted by Gasteiger charge is 2.40. The molecule has 1 N–H and O–H groups in total. The van der Waals surface area contributed by atoms with E-state index in [1.54, 1.807) is 43.5 Å². The minimum atomic E-state index is -0.572. The molecule has 0 saturated carbocycles. The maximum absolute atomic E-state index is 13.5. The number of hydrogen-bond acceptors (Lipinski definition) is 6. The Bertz CT molecular complexity index is 1250. The van der Waals surface area contributed by atoms with Crippen molar-refractivity contribution < 1.29 is 18.7 Å². The number of carbonyl (C=O) groups excluding carboxylic acids is 2. The number of furan rings is 1. The summed E-state index contributed by atoms with van der Waals surface area (Å²) in [7, 11) is 1.56. The van der Waals surface area contributed by atoms with Crippen LogP contribution in [0.5, 0.6) is 5.75 Å². The summed E-state index contributed by atoms with van der Waals surface area (Å²) in [5.41, 5.74) is 1.41. The molecule has 1 aliphatic rings. The van der Waals surface area contributed by atoms with E-state index in [9.17, 15) is 14.9 Å². The van der Waals surface area contributed by atoms with Crippen molar-refractivity contribution in [1.29, 1.82) is 5.26 Å². The van der Waals surface area contributed by atoms with Crippen LogP contribution in [0.1, 0.15) is 11.3 Å². The third kappa shape index (κ3) is 5.19. The molecule has 2 amide bonds. The van der Waals surface area contributed by atoms with Crippen molar-refractivity contribution in [2.45, 2.75) is 18.2 Å². The minimum absolute atomic E-state index is 0.126. The van der Waals surface area contributed by atoms with Gasteiger partial charge in [-0.05, 0) is 60.5 Å². The largest absolute Gasteiger partial charge is 0.497 e. The number of nitrogens with zero attached hydrogens (tertiary/aromatic N) is 2. The first-order chi connectivity index (χ1) is 16.5. The number of benzene rings is 2. The van der Waals surface area contributed by atoms with Gasteiger partial charge in [-0.15, -0.1) is 0 Å². The molecule has 0 bridgehead atoms. The Morgan fingerprint density at radius 1 is 1.21 bits per heavy atom. The molecule has 3 aromatic rings. The SMILES string of the molecule is COc1ccc(N2C(=O)C(Cc3ccc(Br)cc3)S/C2=C(/C#N)C(=O)NCc2ccco2)cc1. The van der Waals surface area contributed by atoms with Crippen molar-refractivity contribution in [3.05, 3.63) is 93.3 Å². The molecule has 1 fully saturated rings. The number of anilines is 1. The number of methoxy groups -OCH3 is 1. The molecule has 4 rings (SSSR count). The zero-order valence-corrected chi connectivity index (χ0v) is 20.6. The molecule has 1 aromatic heterocycles. The first-order valence-electron chi connectivity index (χ1n) is 10.3. The zero-order valence-electron chi connectivity index (χ0n) is 18.2. The molecule has 0 aliphatic carbocycles. The van der Waals surface area contributed by atoms with Crippen LogP contribution in [0.25, 0.3) is 0 Å². The van der Waals surface area contributed by atoms with Crippen LogP contribution in [0.3, 0.4) is 0 Å². The van der Waals surface area contributed by atoms with E-state index in [1.807, 2.05) is 30.3 Å². The number of halogens is 1. The Labute approximate surface area is 209 Å². The van der Waals surface area contributed by atoms with E-state index in [0.29, 0.717) is 28.6 Å². The highest BCUT2D eigenvalue weighted by Crippen LogP contribution is 2.42. The Kier molecular flexibility index (Phi) is 7.40. The summed E-state index contributed by atoms with van der Waals surface area (Å²) in [6, 6.07) is 20.1. The lowest BCUT2D eigenvalue weighted by Crippen LogP contribution is -2.32. The van der Waals surface area contributed by atoms with Gasteiger partial charge in [-0.3, -0.25) is 14.5 Å². The second kappa shape index (κ2) is 10.6. The maximum Gasteiger partial charge on any atom is 0.265 e. The van der Waals surface area contributed by atoms with Gasteiger partial charge in [0.2, 0.25) is 5.91 Å². The molecule has 34 heavy (non-hydrogen) atoms. The number of nitriles is 1. The Morgan fingerprint density at radius 3 is 2.56 bits per heavy atom. The summed E-state index contributed by atoms with van der Waals surface area (Å²) >= 11 is 4.64. The van der Waals surface area contributed by atoms with Crippen LogP contribution in [0.4, 0.5) is 5.69 Å². The van der Waals surface area contributed by atoms with Crippen LogP contribution in [0.15, 0.2) is 86.4 Å². The van der Waals surface area contributed by atoms with E-state index in [-0.39, 0.29) is 18.0 Å². The fourth-order valence-electron chi connectivity index (χ4n) is 3.46. The van der Waals surface area contributed by atoms with E-state index >= 15 is 0 Å². The lowest BCUT2D eigenvalue weighted by molar-refractivity contribution is -0.117. The van der Waals surface area contributed by atoms with E-state index in [4.69, 9.17) is 9.15 Å². The summed E-state index contributed by atoms with van der Waals surface area (Å²) in [5, 5.41) is 12.4. The van der Waals surface area contributed by atoms with E-state index < -0.39 is 11.2 Å². The highest BCUT2D eigenvalue weighted by atomic mass is 79.9. The molecule has 172 valence electrons. The van der Waals surface area contributed by atoms with Crippen molar-refractivity contribution in [2.24, 2.45) is 0 Å². The van der Waals surface area contributed by atoms with E-state index in [1.165, 1.54) is 22.9 Å². The van der Waals surface area contributed by atoms with E-state index in [2.05, 4.69) is 21.2 Å². The molecule has 1 saturated heterocycles. The molecule has 1 aliphatic heterocycles. The number of ether oxygens (including phenoxy) is 1. The third-order valence-electron chi connectivity index (χ3n) is 5.17. The van der Waals surface area contributed by atoms with Gasteiger partial charge >= 0.3 is 0 Å². The molecule has 2 heterocycles. The summed E-state index contributed by atoms with van der Waals surface area (Å²) in [4.78, 5) is 27.9. The molecule has 9 heteroatoms. The van der Waals surface area contributed by atoms with Crippen molar-refractivity contribution in [1.82, 2.24) is 5.32 Å². The van der Waals surface area contributed by atoms with Crippen LogP contribution in [-0.2, 0) is 22.6 Å². The van der Waals surface area contributed by atoms with Gasteiger partial charge in [0, 0.05) is 10.2 Å². The average molecular weight is 538 g/mol. The topological polar surface area (TPSA) is 95.6 Å². The Balaban J connectivity index is 1.67. The summed E-state index contributed by atoms with van der Waals surface area (Å²) in [6.07, 6.45) is 1.97. The number of amides is 2. The Morgan fingerprint density at radius 2 is 1.94 bits per heavy atom. The van der Waals surface area contributed by atoms with Crippen molar-refractivity contribution in [2.75, 3.05) is 12.0 Å². The first-order valence-corrected chi connectivity index (χ1v) is 12.0. The second-order valence-electron chi connectivity index (χ2n) is 7.36. The molecule has 1 atom stereocenters. The quantitative estimate of drug-likeness (QED) is 0.343. The standard InChI is InChI=1S/C25H20BrN3O4S/c1-32-19-10-8-18(9-11-19)29-24(31)22(13-16-4-6-17(26)7-5-16)34-25(29)21(14-27)23(30)28-15-20-3-2-12-33-20/h2-12,22H,13,15H2,1H3,(H,28,30)/b25-21-. The predicted molar refractivity (Wildman–Crippen MR) is 133 cm³/mol. The highest BCUT2D eigenvalue weighted by molar-refractivity contribution is 9.10. The van der Waals surface area contributed by atoms with Gasteiger partial charge < -0.3 is 14.5 Å². The molecule has 0 radical (unpaired) electrons. The molecule has 1 unspecified atom stereocenters. The van der Waals surface area contributed by atoms with Crippen LogP contribution in [0, 0.1) is 11.3 Å². The summed E-state index contributed by atoms with van der Waals surface area (Å²) in [5.74, 6) is 0.430. The van der Waals surface area contributed by atoms with Crippen molar-refractivity contribution >= 4 is 45.2 Å². The molecule has 0 spiro atoms. The van der Waals surface area contributed by atoms with Gasteiger partial charge in [-0.1, -0.05) is 39.8 Å². The number of carbonyl (C=O) groups is 2. The van der Waals surface area contributed by atoms with E-state index in [0.717, 1.165) is 10.0 Å². The van der Waals surface area contributed by atoms with Gasteiger partial charge in [-0.25, -0.2) is 0 Å². The van der Waals surface area contributed by atoms with Crippen LogP contribution in [-0.4, -0.2) is 24.2 Å². The zero-order chi connectivity index (χ0) is 24.1. The lowest BCUT2D eigenvalue weighted by atomic mass is 10.1. The summed E-state index contributed by atoms with van der Waals surface area (Å²) < 4.78 is 11.4. The second-order valence-corrected chi connectivity index (χ2v) is 9.47. The fraction of sp³-hybridized carbons (Fsp3) is 0.160. The van der Waals surface area contributed by atoms with Crippen LogP contribution in [0.2, 0.25) is 0 Å². The minimum Gasteiger partial charge on any atom is -0.497 e. The fourth-order valence-corrected chi connectivity index (χ4v) is 5.03. The van der Waals surface area contributed by atoms with Crippen molar-refractivity contribution in [3.63, 3.8) is 0 Å². The first kappa shape index (κ1) is 23.7. The van der Waals surface area contributed by atoms with Gasteiger partial charge in [0.15, 0.2) is 0 Å². The Hall–Kier alpha value is -3.48. The molecule has 2 aromatic carbocycles. The van der Waals surface area contributed by atoms with Crippen molar-refractivity contribution in [3.8, 4) is 11.8 Å². The molecular formula is C25H20BrN3O4S. The van der Waals surface area contributed by atoms with Gasteiger partial charge in [-0.2, -0.15) is 5.26 Å². The molecule has 7 nitrogen and oxygen atoms in total. The average Bonchev–Trinajstić information content (AvgIpc) is 3.48. The predicted octanol–water partition coefficient (Wildman–Crippen LogP) is 4.79. The number of nitrogens with one attached hydrogen (secondary N) is 1. The van der Waals surface area contributed by atoms with Gasteiger partial charge in [0.1, 0.15) is 28.2 Å². The number of hydrogen-bond donors (Lipinski definition) is 1. The van der Waals surface area contributed by atoms with Crippen LogP contribution < -0.4 is 15.0 Å². The third-order valence-corrected chi connectivity index (χ3v) is 6.97. The smallest absolute Gasteiger partial charge is 0.265 e. The number of rotatable bonds is 7. The molecular weight excluding hydrogens is 518 g/mol. The summed E-state index contributed by atoms with van der Waals surface area (Å²) in [6.45, 7) is 0.133. The van der Waals surface area contributed by atoms with Gasteiger partial charge in [0.25, 0.3) is 5.91 Å². The van der Waals surface area contributed by atoms with Crippen LogP contribution >= 0.6 is 27.7 Å². The normalized spacial score (nSPS) is 16.8. The monoisotopic (exact) mass is 537 g/mol. The lowest BCUT2D eigenvalue weighted by Gasteiger charge is -2.19. The maximum atomic E-state index is 13.5. The number of thioether (sulfide) groups is 1. The van der Waals surface area contributed by atoms with Gasteiger partial charge in [0.05, 0.1) is 25.2 Å².